The second-order valence-corrected chi connectivity index (χ2v) is 23.8. The summed E-state index contributed by atoms with van der Waals surface area (Å²) in [5, 5.41) is 0. The lowest BCUT2D eigenvalue weighted by Gasteiger charge is -2.18. The van der Waals surface area contributed by atoms with Crippen LogP contribution < -0.4 is 0 Å². The fourth-order valence-electron chi connectivity index (χ4n) is 10.2. The van der Waals surface area contributed by atoms with Gasteiger partial charge in [-0.25, -0.2) is 0 Å². The molecular formula is C77H134O6. The molecule has 0 aliphatic rings. The Bertz CT molecular complexity index is 1610. The third kappa shape index (κ3) is 69.0. The van der Waals surface area contributed by atoms with Crippen LogP contribution in [0.5, 0.6) is 0 Å². The number of carbonyl (C=O) groups is 3. The summed E-state index contributed by atoms with van der Waals surface area (Å²) in [6, 6.07) is 0. The minimum Gasteiger partial charge on any atom is -0.462 e. The molecule has 0 N–H and O–H groups in total. The number of carbonyl (C=O) groups excluding carboxylic acids is 3. The van der Waals surface area contributed by atoms with Crippen LogP contribution in [0.1, 0.15) is 355 Å². The average molecular weight is 1160 g/mol. The predicted molar refractivity (Wildman–Crippen MR) is 362 cm³/mol. The van der Waals surface area contributed by atoms with Crippen LogP contribution in [0.15, 0.2) is 97.2 Å². The van der Waals surface area contributed by atoms with E-state index in [0.717, 1.165) is 116 Å². The molecule has 0 aliphatic carbocycles. The third-order valence-electron chi connectivity index (χ3n) is 15.5. The smallest absolute Gasteiger partial charge is 0.306 e. The molecule has 0 heterocycles. The molecule has 0 aromatic rings. The van der Waals surface area contributed by atoms with E-state index >= 15 is 0 Å². The topological polar surface area (TPSA) is 78.9 Å². The molecule has 0 saturated carbocycles. The van der Waals surface area contributed by atoms with E-state index in [2.05, 4.69) is 118 Å². The van der Waals surface area contributed by atoms with Crippen molar-refractivity contribution in [2.45, 2.75) is 361 Å². The molecule has 6 heteroatoms. The first-order valence-corrected chi connectivity index (χ1v) is 35.7. The molecule has 0 rings (SSSR count). The van der Waals surface area contributed by atoms with Gasteiger partial charge in [0.05, 0.1) is 0 Å². The van der Waals surface area contributed by atoms with Gasteiger partial charge in [0, 0.05) is 19.3 Å². The van der Waals surface area contributed by atoms with Crippen molar-refractivity contribution in [1.29, 1.82) is 0 Å². The maximum absolute atomic E-state index is 13.0. The Morgan fingerprint density at radius 3 is 0.735 bits per heavy atom. The molecule has 0 amide bonds. The summed E-state index contributed by atoms with van der Waals surface area (Å²) >= 11 is 0. The highest BCUT2D eigenvalue weighted by Crippen LogP contribution is 2.17. The lowest BCUT2D eigenvalue weighted by Crippen LogP contribution is -2.30. The van der Waals surface area contributed by atoms with E-state index in [1.807, 2.05) is 0 Å². The van der Waals surface area contributed by atoms with Gasteiger partial charge in [-0.3, -0.25) is 14.4 Å². The monoisotopic (exact) mass is 1160 g/mol. The van der Waals surface area contributed by atoms with Crippen LogP contribution >= 0.6 is 0 Å². The van der Waals surface area contributed by atoms with Gasteiger partial charge in [0.15, 0.2) is 6.10 Å². The van der Waals surface area contributed by atoms with Gasteiger partial charge in [-0.1, -0.05) is 311 Å². The summed E-state index contributed by atoms with van der Waals surface area (Å²) in [7, 11) is 0. The minimum atomic E-state index is -0.789. The number of unbranched alkanes of at least 4 members (excludes halogenated alkanes) is 38. The van der Waals surface area contributed by atoms with E-state index in [1.54, 1.807) is 0 Å². The highest BCUT2D eigenvalue weighted by molar-refractivity contribution is 5.71. The Morgan fingerprint density at radius 2 is 0.470 bits per heavy atom. The van der Waals surface area contributed by atoms with Crippen LogP contribution in [0.2, 0.25) is 0 Å². The van der Waals surface area contributed by atoms with Gasteiger partial charge in [0.1, 0.15) is 13.2 Å². The molecule has 0 aliphatic heterocycles. The molecule has 0 aromatic carbocycles. The SMILES string of the molecule is CC/C=C\C/C=C\C/C=C\CCCCCCCC(=O)OCC(COC(=O)CCCCCCCCCCCCCC/C=C\C/C=C\C/C=C\CCCCCCC)OC(=O)CCCCCCCCCCCCC/C=C\C/C=C\CCCCCCC. The van der Waals surface area contributed by atoms with Gasteiger partial charge >= 0.3 is 17.9 Å². The first-order chi connectivity index (χ1) is 41.0. The molecule has 478 valence electrons. The molecule has 1 atom stereocenters. The largest absolute Gasteiger partial charge is 0.462 e. The van der Waals surface area contributed by atoms with Crippen molar-refractivity contribution in [3.8, 4) is 0 Å². The molecule has 1 unspecified atom stereocenters. The summed E-state index contributed by atoms with van der Waals surface area (Å²) in [4.78, 5) is 38.5. The third-order valence-corrected chi connectivity index (χ3v) is 15.5. The van der Waals surface area contributed by atoms with Crippen molar-refractivity contribution in [3.05, 3.63) is 97.2 Å². The summed E-state index contributed by atoms with van der Waals surface area (Å²) in [6.07, 6.45) is 95.7. The van der Waals surface area contributed by atoms with Crippen molar-refractivity contribution >= 4 is 17.9 Å². The van der Waals surface area contributed by atoms with Crippen molar-refractivity contribution < 1.29 is 28.6 Å². The van der Waals surface area contributed by atoms with Crippen molar-refractivity contribution in [1.82, 2.24) is 0 Å². The van der Waals surface area contributed by atoms with E-state index in [0.29, 0.717) is 19.3 Å². The first-order valence-electron chi connectivity index (χ1n) is 35.7. The molecule has 0 bridgehead atoms. The number of hydrogen-bond donors (Lipinski definition) is 0. The first kappa shape index (κ1) is 79.3. The van der Waals surface area contributed by atoms with E-state index in [-0.39, 0.29) is 31.1 Å². The van der Waals surface area contributed by atoms with Crippen LogP contribution in [0.4, 0.5) is 0 Å². The Hall–Kier alpha value is -3.67. The quantitative estimate of drug-likeness (QED) is 0.0261. The summed E-state index contributed by atoms with van der Waals surface area (Å²) in [5.74, 6) is -0.889. The number of allylic oxidation sites excluding steroid dienone is 16. The lowest BCUT2D eigenvalue weighted by molar-refractivity contribution is -0.167. The Morgan fingerprint density at radius 1 is 0.253 bits per heavy atom. The minimum absolute atomic E-state index is 0.0835. The highest BCUT2D eigenvalue weighted by Gasteiger charge is 2.19. The van der Waals surface area contributed by atoms with E-state index in [9.17, 15) is 14.4 Å². The van der Waals surface area contributed by atoms with Crippen LogP contribution in [-0.2, 0) is 28.6 Å². The predicted octanol–water partition coefficient (Wildman–Crippen LogP) is 24.8. The molecule has 0 saturated heterocycles. The fraction of sp³-hybridized carbons (Fsp3) is 0.753. The summed E-state index contributed by atoms with van der Waals surface area (Å²) < 4.78 is 17.0. The molecular weight excluding hydrogens is 1020 g/mol. The number of hydrogen-bond acceptors (Lipinski definition) is 6. The lowest BCUT2D eigenvalue weighted by atomic mass is 10.0. The molecule has 83 heavy (non-hydrogen) atoms. The Balaban J connectivity index is 4.32. The van der Waals surface area contributed by atoms with Crippen LogP contribution in [0, 0.1) is 0 Å². The number of rotatable bonds is 65. The van der Waals surface area contributed by atoms with E-state index in [4.69, 9.17) is 14.2 Å². The zero-order valence-electron chi connectivity index (χ0n) is 54.9. The van der Waals surface area contributed by atoms with Crippen molar-refractivity contribution in [3.63, 3.8) is 0 Å². The molecule has 6 nitrogen and oxygen atoms in total. The van der Waals surface area contributed by atoms with Gasteiger partial charge in [-0.2, -0.15) is 0 Å². The second-order valence-electron chi connectivity index (χ2n) is 23.8. The van der Waals surface area contributed by atoms with Gasteiger partial charge in [-0.15, -0.1) is 0 Å². The summed E-state index contributed by atoms with van der Waals surface area (Å²) in [5.41, 5.74) is 0. The van der Waals surface area contributed by atoms with E-state index < -0.39 is 6.10 Å². The van der Waals surface area contributed by atoms with Crippen molar-refractivity contribution in [2.75, 3.05) is 13.2 Å². The van der Waals surface area contributed by atoms with Gasteiger partial charge < -0.3 is 14.2 Å². The van der Waals surface area contributed by atoms with Crippen LogP contribution in [-0.4, -0.2) is 37.2 Å². The number of ether oxygens (including phenoxy) is 3. The molecule has 0 spiro atoms. The van der Waals surface area contributed by atoms with Gasteiger partial charge in [0.2, 0.25) is 0 Å². The molecule has 0 radical (unpaired) electrons. The van der Waals surface area contributed by atoms with Crippen molar-refractivity contribution in [2.24, 2.45) is 0 Å². The average Bonchev–Trinajstić information content (AvgIpc) is 3.49. The van der Waals surface area contributed by atoms with Crippen LogP contribution in [0.3, 0.4) is 0 Å². The normalized spacial score (nSPS) is 12.7. The highest BCUT2D eigenvalue weighted by atomic mass is 16.6. The Labute approximate surface area is 515 Å². The Kier molecular flexibility index (Phi) is 67.7. The standard InChI is InChI=1S/C77H134O6/c1-4-7-10-13-16-19-22-25-28-30-32-34-36-37-38-39-41-42-44-46-49-52-55-58-61-64-67-70-76(79)82-73-74(72-81-75(78)69-66-63-60-57-54-51-48-27-24-21-18-15-12-9-6-3)83-77(80)71-68-65-62-59-56-53-50-47-45-43-40-35-33-31-29-26-23-20-17-14-11-8-5-2/h9,12,18,21-23,25-27,30-33,36-37,48,74H,4-8,10-11,13-17,19-20,24,28-29,34-35,38-47,49-73H2,1-3H3/b12-9-,21-18-,25-22-,26-23-,32-30-,33-31-,37-36-,48-27-. The summed E-state index contributed by atoms with van der Waals surface area (Å²) in [6.45, 7) is 6.53. The fourth-order valence-corrected chi connectivity index (χ4v) is 10.2. The number of esters is 3. The van der Waals surface area contributed by atoms with Gasteiger partial charge in [-0.05, 0) is 122 Å². The van der Waals surface area contributed by atoms with E-state index in [1.165, 1.54) is 199 Å². The zero-order chi connectivity index (χ0) is 59.9. The zero-order valence-corrected chi connectivity index (χ0v) is 54.9. The molecule has 0 fully saturated rings. The maximum Gasteiger partial charge on any atom is 0.306 e. The van der Waals surface area contributed by atoms with Crippen LogP contribution in [0.25, 0.3) is 0 Å². The maximum atomic E-state index is 13.0. The second kappa shape index (κ2) is 70.8. The van der Waals surface area contributed by atoms with Gasteiger partial charge in [0.25, 0.3) is 0 Å². The molecule has 0 aromatic heterocycles.